The smallest absolute Gasteiger partial charge is 0.262 e. The number of nitrogens with zero attached hydrogens (tertiary/aromatic N) is 3. The molecule has 1 N–H and O–H groups in total. The molecule has 28 heavy (non-hydrogen) atoms. The molecule has 0 atom stereocenters. The molecule has 2 aromatic rings. The molecule has 0 spiro atoms. The first-order valence-corrected chi connectivity index (χ1v) is 10.9. The first-order valence-electron chi connectivity index (χ1n) is 9.44. The van der Waals surface area contributed by atoms with Crippen LogP contribution in [0.15, 0.2) is 35.7 Å². The van der Waals surface area contributed by atoms with E-state index in [9.17, 15) is 13.2 Å². The van der Waals surface area contributed by atoms with E-state index >= 15 is 0 Å². The van der Waals surface area contributed by atoms with Crippen molar-refractivity contribution in [1.82, 2.24) is 19.2 Å². The van der Waals surface area contributed by atoms with Gasteiger partial charge in [-0.1, -0.05) is 12.1 Å². The van der Waals surface area contributed by atoms with Crippen LogP contribution in [0.25, 0.3) is 0 Å². The Morgan fingerprint density at radius 2 is 2.18 bits per heavy atom. The Morgan fingerprint density at radius 1 is 1.36 bits per heavy atom. The van der Waals surface area contributed by atoms with E-state index in [4.69, 9.17) is 4.74 Å². The summed E-state index contributed by atoms with van der Waals surface area (Å²) >= 11 is 0. The van der Waals surface area contributed by atoms with Crippen molar-refractivity contribution in [3.05, 3.63) is 41.9 Å². The molecule has 1 aliphatic carbocycles. The van der Waals surface area contributed by atoms with Crippen LogP contribution in [-0.4, -0.2) is 47.4 Å². The molecule has 0 bridgehead atoms. The molecule has 4 rings (SSSR count). The number of aryl methyl sites for hydroxylation is 2. The monoisotopic (exact) mass is 404 g/mol. The summed E-state index contributed by atoms with van der Waals surface area (Å²) < 4.78 is 34.6. The molecule has 2 aliphatic rings. The molecule has 0 unspecified atom stereocenters. The van der Waals surface area contributed by atoms with Crippen LogP contribution in [0.5, 0.6) is 5.75 Å². The summed E-state index contributed by atoms with van der Waals surface area (Å²) in [6.45, 7) is 0.755. The van der Waals surface area contributed by atoms with Crippen molar-refractivity contribution in [3.63, 3.8) is 0 Å². The maximum atomic E-state index is 12.9. The fraction of sp³-hybridized carbons (Fsp3) is 0.474. The summed E-state index contributed by atoms with van der Waals surface area (Å²) in [5.41, 5.74) is 1.79. The zero-order chi connectivity index (χ0) is 19.7. The molecule has 1 saturated carbocycles. The van der Waals surface area contributed by atoms with Crippen LogP contribution in [0.1, 0.15) is 30.4 Å². The van der Waals surface area contributed by atoms with Crippen LogP contribution in [-0.2, 0) is 34.8 Å². The minimum Gasteiger partial charge on any atom is -0.492 e. The van der Waals surface area contributed by atoms with Gasteiger partial charge in [0.2, 0.25) is 5.91 Å². The normalized spacial score (nSPS) is 17.5. The Hall–Kier alpha value is -2.39. The third-order valence-corrected chi connectivity index (χ3v) is 6.67. The van der Waals surface area contributed by atoms with E-state index in [1.807, 2.05) is 18.2 Å². The summed E-state index contributed by atoms with van der Waals surface area (Å²) in [6, 6.07) is 6.09. The first-order chi connectivity index (χ1) is 13.4. The van der Waals surface area contributed by atoms with E-state index in [2.05, 4.69) is 10.3 Å². The molecule has 1 aliphatic heterocycles. The maximum absolute atomic E-state index is 12.9. The van der Waals surface area contributed by atoms with Crippen LogP contribution in [0.2, 0.25) is 0 Å². The SMILES string of the molecule is Cn1cnc(S(=O)(=O)N2CCOc3ccc(CCC(=O)NC4CC4)cc3C2)c1. The first kappa shape index (κ1) is 18.9. The third-order valence-electron chi connectivity index (χ3n) is 4.94. The van der Waals surface area contributed by atoms with Crippen molar-refractivity contribution in [3.8, 4) is 5.75 Å². The lowest BCUT2D eigenvalue weighted by molar-refractivity contribution is -0.121. The van der Waals surface area contributed by atoms with Gasteiger partial charge in [0.25, 0.3) is 10.0 Å². The summed E-state index contributed by atoms with van der Waals surface area (Å²) in [6.07, 6.45) is 6.15. The molecule has 8 nitrogen and oxygen atoms in total. The minimum absolute atomic E-state index is 0.0337. The van der Waals surface area contributed by atoms with Crippen molar-refractivity contribution in [2.45, 2.75) is 43.3 Å². The van der Waals surface area contributed by atoms with Crippen molar-refractivity contribution in [2.24, 2.45) is 7.05 Å². The van der Waals surface area contributed by atoms with E-state index in [0.717, 1.165) is 24.0 Å². The maximum Gasteiger partial charge on any atom is 0.262 e. The molecule has 1 aromatic carbocycles. The number of carbonyl (C=O) groups is 1. The Morgan fingerprint density at radius 3 is 2.89 bits per heavy atom. The second kappa shape index (κ2) is 7.56. The highest BCUT2D eigenvalue weighted by Crippen LogP contribution is 2.28. The van der Waals surface area contributed by atoms with E-state index in [-0.39, 0.29) is 30.6 Å². The van der Waals surface area contributed by atoms with Crippen molar-refractivity contribution in [1.29, 1.82) is 0 Å². The van der Waals surface area contributed by atoms with Crippen LogP contribution in [0.3, 0.4) is 0 Å². The summed E-state index contributed by atoms with van der Waals surface area (Å²) in [7, 11) is -1.96. The van der Waals surface area contributed by atoms with Gasteiger partial charge in [-0.3, -0.25) is 4.79 Å². The molecular weight excluding hydrogens is 380 g/mol. The summed E-state index contributed by atoms with van der Waals surface area (Å²) in [5, 5.41) is 3.02. The Bertz CT molecular complexity index is 982. The molecule has 1 amide bonds. The van der Waals surface area contributed by atoms with Gasteiger partial charge in [-0.05, 0) is 30.9 Å². The predicted octanol–water partition coefficient (Wildman–Crippen LogP) is 1.21. The number of hydrogen-bond acceptors (Lipinski definition) is 5. The van der Waals surface area contributed by atoms with E-state index < -0.39 is 10.0 Å². The van der Waals surface area contributed by atoms with Gasteiger partial charge in [-0.25, -0.2) is 13.4 Å². The average Bonchev–Trinajstić information content (AvgIpc) is 3.40. The van der Waals surface area contributed by atoms with Crippen molar-refractivity contribution >= 4 is 15.9 Å². The van der Waals surface area contributed by atoms with Gasteiger partial charge in [0, 0.05) is 44.4 Å². The highest BCUT2D eigenvalue weighted by atomic mass is 32.2. The van der Waals surface area contributed by atoms with E-state index in [1.165, 1.54) is 16.8 Å². The van der Waals surface area contributed by atoms with Gasteiger partial charge >= 0.3 is 0 Å². The Kier molecular flexibility index (Phi) is 5.11. The zero-order valence-electron chi connectivity index (χ0n) is 15.8. The number of nitrogens with one attached hydrogen (secondary N) is 1. The highest BCUT2D eigenvalue weighted by molar-refractivity contribution is 7.89. The second-order valence-corrected chi connectivity index (χ2v) is 9.23. The Labute approximate surface area is 164 Å². The molecular formula is C19H24N4O4S. The lowest BCUT2D eigenvalue weighted by Gasteiger charge is -2.18. The van der Waals surface area contributed by atoms with Crippen LogP contribution >= 0.6 is 0 Å². The number of fused-ring (bicyclic) bond motifs is 1. The quantitative estimate of drug-likeness (QED) is 0.781. The number of benzene rings is 1. The summed E-state index contributed by atoms with van der Waals surface area (Å²) in [5.74, 6) is 0.748. The van der Waals surface area contributed by atoms with Crippen molar-refractivity contribution < 1.29 is 17.9 Å². The number of hydrogen-bond donors (Lipinski definition) is 1. The molecule has 2 heterocycles. The van der Waals surface area contributed by atoms with Gasteiger partial charge in [0.15, 0.2) is 5.03 Å². The third kappa shape index (κ3) is 4.20. The number of imidazole rings is 1. The zero-order valence-corrected chi connectivity index (χ0v) is 16.6. The topological polar surface area (TPSA) is 93.5 Å². The van der Waals surface area contributed by atoms with Crippen LogP contribution in [0, 0.1) is 0 Å². The molecule has 1 aromatic heterocycles. The fourth-order valence-electron chi connectivity index (χ4n) is 3.22. The van der Waals surface area contributed by atoms with E-state index in [1.54, 1.807) is 11.6 Å². The number of aromatic nitrogens is 2. The van der Waals surface area contributed by atoms with Crippen LogP contribution in [0.4, 0.5) is 0 Å². The molecule has 0 saturated heterocycles. The van der Waals surface area contributed by atoms with Gasteiger partial charge < -0.3 is 14.6 Å². The highest BCUT2D eigenvalue weighted by Gasteiger charge is 2.29. The Balaban J connectivity index is 1.49. The van der Waals surface area contributed by atoms with Gasteiger partial charge in [0.1, 0.15) is 12.4 Å². The van der Waals surface area contributed by atoms with E-state index in [0.29, 0.717) is 24.6 Å². The fourth-order valence-corrected chi connectivity index (χ4v) is 4.59. The van der Waals surface area contributed by atoms with Gasteiger partial charge in [-0.15, -0.1) is 0 Å². The molecule has 150 valence electrons. The number of carbonyl (C=O) groups excluding carboxylic acids is 1. The molecule has 9 heteroatoms. The largest absolute Gasteiger partial charge is 0.492 e. The van der Waals surface area contributed by atoms with Crippen molar-refractivity contribution in [2.75, 3.05) is 13.2 Å². The number of rotatable bonds is 6. The number of ether oxygens (including phenoxy) is 1. The summed E-state index contributed by atoms with van der Waals surface area (Å²) in [4.78, 5) is 15.9. The predicted molar refractivity (Wildman–Crippen MR) is 102 cm³/mol. The molecule has 0 radical (unpaired) electrons. The van der Waals surface area contributed by atoms with Gasteiger partial charge in [-0.2, -0.15) is 4.31 Å². The van der Waals surface area contributed by atoms with Gasteiger partial charge in [0.05, 0.1) is 6.33 Å². The minimum atomic E-state index is -3.70. The van der Waals surface area contributed by atoms with Crippen LogP contribution < -0.4 is 10.1 Å². The number of amides is 1. The lowest BCUT2D eigenvalue weighted by Crippen LogP contribution is -2.32. The lowest BCUT2D eigenvalue weighted by atomic mass is 10.1. The average molecular weight is 404 g/mol. The molecule has 1 fully saturated rings. The number of sulfonamides is 1. The second-order valence-electron chi connectivity index (χ2n) is 7.35. The standard InChI is InChI=1S/C19H24N4O4S/c1-22-12-19(20-13-22)28(25,26)23-8-9-27-17-6-2-14(10-15(17)11-23)3-7-18(24)21-16-4-5-16/h2,6,10,12-13,16H,3-5,7-9,11H2,1H3,(H,21,24).